The normalized spacial score (nSPS) is 14.3. The molecule has 0 fully saturated rings. The van der Waals surface area contributed by atoms with Crippen molar-refractivity contribution in [2.75, 3.05) is 0 Å². The molecule has 1 aliphatic heterocycles. The molecule has 0 bridgehead atoms. The largest absolute Gasteiger partial charge is 0.256 e. The van der Waals surface area contributed by atoms with Crippen LogP contribution in [0.2, 0.25) is 0 Å². The molecule has 0 saturated carbocycles. The number of aliphatic imine (C=N–C) groups is 3. The lowest BCUT2D eigenvalue weighted by atomic mass is 9.86. The van der Waals surface area contributed by atoms with E-state index in [9.17, 15) is 0 Å². The third kappa shape index (κ3) is 5.70. The summed E-state index contributed by atoms with van der Waals surface area (Å²) in [5, 5.41) is 11.6. The van der Waals surface area contributed by atoms with Crippen LogP contribution in [0.4, 0.5) is 0 Å². The fourth-order valence-electron chi connectivity index (χ4n) is 8.56. The van der Waals surface area contributed by atoms with Crippen molar-refractivity contribution in [2.45, 2.75) is 6.04 Å². The van der Waals surface area contributed by atoms with Crippen LogP contribution in [-0.4, -0.2) is 22.9 Å². The first-order chi connectivity index (χ1) is 28.3. The Morgan fingerprint density at radius 3 is 1.88 bits per heavy atom. The average Bonchev–Trinajstić information content (AvgIpc) is 3.51. The molecule has 0 N–H and O–H groups in total. The zero-order chi connectivity index (χ0) is 37.7. The molecule has 1 unspecified atom stereocenters. The Morgan fingerprint density at radius 1 is 0.386 bits per heavy atom. The minimum Gasteiger partial charge on any atom is -0.256 e. The maximum atomic E-state index is 5.62. The van der Waals surface area contributed by atoms with Crippen LogP contribution in [0.25, 0.3) is 76.2 Å². The van der Waals surface area contributed by atoms with Gasteiger partial charge in [0.15, 0.2) is 11.7 Å². The molecule has 1 aromatic heterocycles. The lowest BCUT2D eigenvalue weighted by Gasteiger charge is -2.20. The zero-order valence-corrected chi connectivity index (χ0v) is 30.9. The van der Waals surface area contributed by atoms with Gasteiger partial charge in [0.05, 0.1) is 5.69 Å². The van der Waals surface area contributed by atoms with E-state index in [4.69, 9.17) is 20.0 Å². The number of nitrogens with zero attached hydrogens (tertiary/aromatic N) is 4. The molecule has 2 heterocycles. The molecular weight excluding hydrogens is 693 g/mol. The number of amidine groups is 2. The summed E-state index contributed by atoms with van der Waals surface area (Å²) in [7, 11) is 0. The molecule has 57 heavy (non-hydrogen) atoms. The highest BCUT2D eigenvalue weighted by Crippen LogP contribution is 2.43. The summed E-state index contributed by atoms with van der Waals surface area (Å²) in [5.41, 5.74) is 7.33. The molecule has 0 spiro atoms. The first kappa shape index (κ1) is 32.8. The third-order valence-electron chi connectivity index (χ3n) is 11.2. The second-order valence-corrected chi connectivity index (χ2v) is 14.5. The van der Waals surface area contributed by atoms with Gasteiger partial charge in [0.1, 0.15) is 6.04 Å². The van der Waals surface area contributed by atoms with E-state index in [0.29, 0.717) is 11.7 Å². The Morgan fingerprint density at radius 2 is 1.07 bits per heavy atom. The maximum absolute atomic E-state index is 5.62. The van der Waals surface area contributed by atoms with Gasteiger partial charge in [0, 0.05) is 29.1 Å². The van der Waals surface area contributed by atoms with E-state index in [0.717, 1.165) is 66.0 Å². The van der Waals surface area contributed by atoms with Gasteiger partial charge in [0.25, 0.3) is 0 Å². The van der Waals surface area contributed by atoms with Crippen molar-refractivity contribution < 1.29 is 0 Å². The first-order valence-electron chi connectivity index (χ1n) is 19.3. The second-order valence-electron chi connectivity index (χ2n) is 14.5. The summed E-state index contributed by atoms with van der Waals surface area (Å²) in [4.78, 5) is 21.0. The van der Waals surface area contributed by atoms with Crippen LogP contribution >= 0.6 is 0 Å². The Hall–Kier alpha value is -7.56. The van der Waals surface area contributed by atoms with Gasteiger partial charge in [-0.1, -0.05) is 158 Å². The molecule has 0 saturated heterocycles. The van der Waals surface area contributed by atoms with Gasteiger partial charge in [-0.25, -0.2) is 9.98 Å². The van der Waals surface area contributed by atoms with Gasteiger partial charge in [-0.05, 0) is 101 Å². The molecule has 4 nitrogen and oxygen atoms in total. The SMILES string of the molecule is C1=NC(c2ccccc2)=NC(c2cccc3c2ccc2cc4ccccc4cc23)=NC1c1c2ccccc2c(-c2ccccn2)c2cc(-c3ccccc3)ccc12. The Labute approximate surface area is 329 Å². The first-order valence-corrected chi connectivity index (χ1v) is 19.3. The summed E-state index contributed by atoms with van der Waals surface area (Å²) >= 11 is 0. The van der Waals surface area contributed by atoms with Crippen molar-refractivity contribution in [2.24, 2.45) is 15.0 Å². The monoisotopic (exact) mass is 726 g/mol. The number of benzene rings is 9. The average molecular weight is 727 g/mol. The Kier molecular flexibility index (Phi) is 7.85. The molecule has 0 radical (unpaired) electrons. The van der Waals surface area contributed by atoms with Crippen molar-refractivity contribution in [3.8, 4) is 22.4 Å². The molecule has 1 aliphatic rings. The molecule has 0 aliphatic carbocycles. The highest BCUT2D eigenvalue weighted by molar-refractivity contribution is 6.23. The predicted molar refractivity (Wildman–Crippen MR) is 240 cm³/mol. The van der Waals surface area contributed by atoms with E-state index in [1.54, 1.807) is 0 Å². The molecule has 0 amide bonds. The minimum absolute atomic E-state index is 0.447. The second kappa shape index (κ2) is 13.6. The zero-order valence-electron chi connectivity index (χ0n) is 30.9. The van der Waals surface area contributed by atoms with E-state index >= 15 is 0 Å². The molecular formula is C53H34N4. The van der Waals surface area contributed by atoms with E-state index in [2.05, 4.69) is 164 Å². The molecule has 4 heteroatoms. The van der Waals surface area contributed by atoms with E-state index in [1.165, 1.54) is 26.9 Å². The molecule has 11 rings (SSSR count). The topological polar surface area (TPSA) is 50.0 Å². The quantitative estimate of drug-likeness (QED) is 0.129. The van der Waals surface area contributed by atoms with Gasteiger partial charge in [-0.2, -0.15) is 0 Å². The Bertz CT molecular complexity index is 3280. The standard InChI is InChI=1S/C53H34N4/c1-3-14-34(15-4-1)38-25-28-44-47(32-38)51(48-24-11-12-29-54-48)43-21-10-9-20-42(43)50(44)49-33-55-52(35-16-5-2-6-17-35)57-53(56-49)45-23-13-22-40-41(45)27-26-39-30-36-18-7-8-19-37(36)31-46(39)40/h1-33,49H. The summed E-state index contributed by atoms with van der Waals surface area (Å²) in [5.74, 6) is 1.28. The summed E-state index contributed by atoms with van der Waals surface area (Å²) in [6.45, 7) is 0. The Balaban J connectivity index is 1.19. The van der Waals surface area contributed by atoms with E-state index < -0.39 is 6.04 Å². The number of aromatic nitrogens is 1. The van der Waals surface area contributed by atoms with E-state index in [-0.39, 0.29) is 0 Å². The van der Waals surface area contributed by atoms with Gasteiger partial charge < -0.3 is 0 Å². The molecule has 1 atom stereocenters. The van der Waals surface area contributed by atoms with Crippen molar-refractivity contribution >= 4 is 71.7 Å². The molecule has 9 aromatic carbocycles. The fourth-order valence-corrected chi connectivity index (χ4v) is 8.56. The summed E-state index contributed by atoms with van der Waals surface area (Å²) < 4.78 is 0. The van der Waals surface area contributed by atoms with Crippen molar-refractivity contribution in [3.05, 3.63) is 211 Å². The number of fused-ring (bicyclic) bond motifs is 6. The van der Waals surface area contributed by atoms with Crippen LogP contribution in [0.1, 0.15) is 22.7 Å². The van der Waals surface area contributed by atoms with E-state index in [1.807, 2.05) is 36.7 Å². The minimum atomic E-state index is -0.447. The lowest BCUT2D eigenvalue weighted by molar-refractivity contribution is 1.01. The van der Waals surface area contributed by atoms with Crippen molar-refractivity contribution in [1.29, 1.82) is 0 Å². The van der Waals surface area contributed by atoms with Crippen LogP contribution in [0.3, 0.4) is 0 Å². The smallest absolute Gasteiger partial charge is 0.161 e. The number of hydrogen-bond acceptors (Lipinski definition) is 4. The van der Waals surface area contributed by atoms with Crippen LogP contribution < -0.4 is 0 Å². The van der Waals surface area contributed by atoms with Crippen LogP contribution in [0.5, 0.6) is 0 Å². The highest BCUT2D eigenvalue weighted by atomic mass is 15.0. The lowest BCUT2D eigenvalue weighted by Crippen LogP contribution is -2.06. The van der Waals surface area contributed by atoms with Crippen molar-refractivity contribution in [1.82, 2.24) is 4.98 Å². The highest BCUT2D eigenvalue weighted by Gasteiger charge is 2.24. The number of hydrogen-bond donors (Lipinski definition) is 0. The fraction of sp³-hybridized carbons (Fsp3) is 0.0189. The summed E-state index contributed by atoms with van der Waals surface area (Å²) in [6.07, 6.45) is 3.86. The van der Waals surface area contributed by atoms with Crippen LogP contribution in [-0.2, 0) is 0 Å². The van der Waals surface area contributed by atoms with Crippen LogP contribution in [0.15, 0.2) is 209 Å². The van der Waals surface area contributed by atoms with Crippen molar-refractivity contribution in [3.63, 3.8) is 0 Å². The van der Waals surface area contributed by atoms with Gasteiger partial charge >= 0.3 is 0 Å². The maximum Gasteiger partial charge on any atom is 0.161 e. The summed E-state index contributed by atoms with van der Waals surface area (Å²) in [6, 6.07) is 66.0. The third-order valence-corrected chi connectivity index (χ3v) is 11.2. The predicted octanol–water partition coefficient (Wildman–Crippen LogP) is 13.2. The van der Waals surface area contributed by atoms with Gasteiger partial charge in [-0.15, -0.1) is 0 Å². The van der Waals surface area contributed by atoms with Gasteiger partial charge in [0.2, 0.25) is 0 Å². The van der Waals surface area contributed by atoms with Gasteiger partial charge in [-0.3, -0.25) is 9.98 Å². The molecule has 266 valence electrons. The number of pyridine rings is 1. The number of rotatable bonds is 5. The van der Waals surface area contributed by atoms with Crippen LogP contribution in [0, 0.1) is 0 Å². The molecule has 10 aromatic rings.